The van der Waals surface area contributed by atoms with Crippen LogP contribution in [0.1, 0.15) is 45.1 Å². The van der Waals surface area contributed by atoms with E-state index in [2.05, 4.69) is 50.1 Å². The second-order valence-electron chi connectivity index (χ2n) is 6.41. The molecular weight excluding hydrogens is 206 g/mol. The molecule has 1 aromatic carbocycles. The van der Waals surface area contributed by atoms with Gasteiger partial charge in [-0.05, 0) is 43.2 Å². The van der Waals surface area contributed by atoms with E-state index in [1.54, 1.807) is 0 Å². The molecule has 2 unspecified atom stereocenters. The van der Waals surface area contributed by atoms with E-state index in [1.165, 1.54) is 43.4 Å². The summed E-state index contributed by atoms with van der Waals surface area (Å²) < 4.78 is 0. The molecule has 92 valence electrons. The molecule has 1 heterocycles. The fourth-order valence-electron chi connectivity index (χ4n) is 4.08. The van der Waals surface area contributed by atoms with Gasteiger partial charge in [0.1, 0.15) is 0 Å². The van der Waals surface area contributed by atoms with Crippen molar-refractivity contribution in [1.82, 2.24) is 0 Å². The van der Waals surface area contributed by atoms with Crippen LogP contribution in [0.5, 0.6) is 0 Å². The molecule has 3 rings (SSSR count). The van der Waals surface area contributed by atoms with Crippen LogP contribution in [-0.2, 0) is 6.42 Å². The minimum Gasteiger partial charge on any atom is -0.368 e. The zero-order valence-corrected chi connectivity index (χ0v) is 11.3. The van der Waals surface area contributed by atoms with Crippen molar-refractivity contribution >= 4 is 5.69 Å². The summed E-state index contributed by atoms with van der Waals surface area (Å²) >= 11 is 0. The molecule has 0 spiro atoms. The predicted molar refractivity (Wildman–Crippen MR) is 73.5 cm³/mol. The zero-order valence-electron chi connectivity index (χ0n) is 11.3. The average molecular weight is 229 g/mol. The van der Waals surface area contributed by atoms with Gasteiger partial charge in [0.2, 0.25) is 0 Å². The van der Waals surface area contributed by atoms with Gasteiger partial charge in [-0.1, -0.05) is 38.0 Å². The van der Waals surface area contributed by atoms with E-state index in [1.807, 2.05) is 0 Å². The molecule has 1 aromatic rings. The van der Waals surface area contributed by atoms with Gasteiger partial charge in [-0.25, -0.2) is 0 Å². The van der Waals surface area contributed by atoms with Crippen LogP contribution in [0, 0.1) is 5.41 Å². The molecule has 0 radical (unpaired) electrons. The lowest BCUT2D eigenvalue weighted by Crippen LogP contribution is -2.61. The van der Waals surface area contributed by atoms with Gasteiger partial charge in [-0.2, -0.15) is 0 Å². The normalized spacial score (nSPS) is 36.3. The molecule has 1 aliphatic carbocycles. The van der Waals surface area contributed by atoms with Gasteiger partial charge >= 0.3 is 0 Å². The summed E-state index contributed by atoms with van der Waals surface area (Å²) in [5.74, 6) is 0. The average Bonchev–Trinajstić information content (AvgIpc) is 2.32. The Morgan fingerprint density at radius 3 is 2.59 bits per heavy atom. The van der Waals surface area contributed by atoms with Gasteiger partial charge in [0.15, 0.2) is 0 Å². The highest BCUT2D eigenvalue weighted by Gasteiger charge is 2.51. The molecule has 0 saturated heterocycles. The summed E-state index contributed by atoms with van der Waals surface area (Å²) in [5, 5.41) is 0. The number of fused-ring (bicyclic) bond motifs is 2. The van der Waals surface area contributed by atoms with Crippen LogP contribution in [-0.4, -0.2) is 12.6 Å². The van der Waals surface area contributed by atoms with Gasteiger partial charge in [-0.3, -0.25) is 0 Å². The Labute approximate surface area is 105 Å². The summed E-state index contributed by atoms with van der Waals surface area (Å²) in [5.41, 5.74) is 3.79. The maximum atomic E-state index is 2.56. The number of hydrogen-bond acceptors (Lipinski definition) is 1. The van der Waals surface area contributed by atoms with Crippen molar-refractivity contribution in [2.45, 2.75) is 51.5 Å². The van der Waals surface area contributed by atoms with Crippen LogP contribution in [0.3, 0.4) is 0 Å². The van der Waals surface area contributed by atoms with E-state index < -0.39 is 0 Å². The molecule has 1 saturated carbocycles. The van der Waals surface area contributed by atoms with E-state index in [4.69, 9.17) is 0 Å². The van der Waals surface area contributed by atoms with Crippen LogP contribution in [0.2, 0.25) is 0 Å². The van der Waals surface area contributed by atoms with Gasteiger partial charge in [0.25, 0.3) is 0 Å². The SMILES string of the molecule is CN1c2ccccc2CC2(C)CCCCC12C. The Balaban J connectivity index is 2.13. The lowest BCUT2D eigenvalue weighted by Gasteiger charge is -2.59. The third kappa shape index (κ3) is 1.38. The fraction of sp³-hybridized carbons (Fsp3) is 0.625. The first-order chi connectivity index (χ1) is 8.07. The van der Waals surface area contributed by atoms with E-state index in [0.717, 1.165) is 0 Å². The summed E-state index contributed by atoms with van der Waals surface area (Å²) in [6.07, 6.45) is 6.77. The minimum absolute atomic E-state index is 0.347. The second kappa shape index (κ2) is 3.51. The number of rotatable bonds is 0. The van der Waals surface area contributed by atoms with Crippen molar-refractivity contribution in [1.29, 1.82) is 0 Å². The van der Waals surface area contributed by atoms with E-state index in [0.29, 0.717) is 11.0 Å². The number of hydrogen-bond donors (Lipinski definition) is 0. The zero-order chi connectivity index (χ0) is 12.1. The molecule has 1 nitrogen and oxygen atoms in total. The number of anilines is 1. The third-order valence-electron chi connectivity index (χ3n) is 5.62. The molecule has 0 aromatic heterocycles. The van der Waals surface area contributed by atoms with Gasteiger partial charge in [-0.15, -0.1) is 0 Å². The topological polar surface area (TPSA) is 3.24 Å². The highest BCUT2D eigenvalue weighted by molar-refractivity contribution is 5.59. The van der Waals surface area contributed by atoms with Crippen LogP contribution in [0.4, 0.5) is 5.69 Å². The molecular formula is C16H23N. The van der Waals surface area contributed by atoms with Crippen molar-refractivity contribution in [2.24, 2.45) is 5.41 Å². The van der Waals surface area contributed by atoms with Gasteiger partial charge in [0.05, 0.1) is 0 Å². The maximum Gasteiger partial charge on any atom is 0.0427 e. The van der Waals surface area contributed by atoms with Gasteiger partial charge in [0, 0.05) is 18.3 Å². The van der Waals surface area contributed by atoms with Crippen molar-refractivity contribution in [3.05, 3.63) is 29.8 Å². The summed E-state index contributed by atoms with van der Waals surface area (Å²) in [7, 11) is 2.29. The monoisotopic (exact) mass is 229 g/mol. The van der Waals surface area contributed by atoms with Crippen LogP contribution >= 0.6 is 0 Å². The standard InChI is InChI=1S/C16H23N/c1-15-10-6-7-11-16(15,2)17(3)14-9-5-4-8-13(14)12-15/h4-5,8-9H,6-7,10-12H2,1-3H3. The highest BCUT2D eigenvalue weighted by Crippen LogP contribution is 2.54. The Kier molecular flexibility index (Phi) is 2.30. The number of para-hydroxylation sites is 1. The first-order valence-electron chi connectivity index (χ1n) is 6.89. The quantitative estimate of drug-likeness (QED) is 0.649. The Bertz CT molecular complexity index is 439. The van der Waals surface area contributed by atoms with Crippen molar-refractivity contribution in [2.75, 3.05) is 11.9 Å². The van der Waals surface area contributed by atoms with Crippen molar-refractivity contribution in [3.8, 4) is 0 Å². The summed E-state index contributed by atoms with van der Waals surface area (Å²) in [6.45, 7) is 4.97. The molecule has 1 heteroatoms. The third-order valence-corrected chi connectivity index (χ3v) is 5.62. The summed E-state index contributed by atoms with van der Waals surface area (Å²) in [4.78, 5) is 2.56. The first-order valence-corrected chi connectivity index (χ1v) is 6.89. The highest BCUT2D eigenvalue weighted by atomic mass is 15.2. The van der Waals surface area contributed by atoms with Gasteiger partial charge < -0.3 is 4.90 Å². The molecule has 2 aliphatic rings. The Morgan fingerprint density at radius 1 is 1.06 bits per heavy atom. The van der Waals surface area contributed by atoms with Crippen LogP contribution < -0.4 is 4.90 Å². The van der Waals surface area contributed by atoms with E-state index in [-0.39, 0.29) is 0 Å². The first kappa shape index (κ1) is 11.1. The minimum atomic E-state index is 0.347. The molecule has 0 bridgehead atoms. The largest absolute Gasteiger partial charge is 0.368 e. The smallest absolute Gasteiger partial charge is 0.0427 e. The Hall–Kier alpha value is -0.980. The lowest BCUT2D eigenvalue weighted by atomic mass is 9.57. The molecule has 1 aliphatic heterocycles. The number of nitrogens with zero attached hydrogens (tertiary/aromatic N) is 1. The maximum absolute atomic E-state index is 2.56. The molecule has 0 N–H and O–H groups in total. The summed E-state index contributed by atoms with van der Waals surface area (Å²) in [6, 6.07) is 8.95. The molecule has 0 amide bonds. The molecule has 2 atom stereocenters. The number of benzene rings is 1. The fourth-order valence-corrected chi connectivity index (χ4v) is 4.08. The second-order valence-corrected chi connectivity index (χ2v) is 6.41. The van der Waals surface area contributed by atoms with Crippen LogP contribution in [0.25, 0.3) is 0 Å². The lowest BCUT2D eigenvalue weighted by molar-refractivity contribution is 0.0815. The predicted octanol–water partition coefficient (Wildman–Crippen LogP) is 4.02. The molecule has 1 fully saturated rings. The van der Waals surface area contributed by atoms with E-state index >= 15 is 0 Å². The molecule has 17 heavy (non-hydrogen) atoms. The van der Waals surface area contributed by atoms with Crippen LogP contribution in [0.15, 0.2) is 24.3 Å². The van der Waals surface area contributed by atoms with Crippen molar-refractivity contribution in [3.63, 3.8) is 0 Å². The Morgan fingerprint density at radius 2 is 1.76 bits per heavy atom. The van der Waals surface area contributed by atoms with E-state index in [9.17, 15) is 0 Å². The van der Waals surface area contributed by atoms with Crippen molar-refractivity contribution < 1.29 is 0 Å².